The Labute approximate surface area is 161 Å². The summed E-state index contributed by atoms with van der Waals surface area (Å²) in [7, 11) is 0. The normalized spacial score (nSPS) is 28.6. The molecule has 1 aliphatic heterocycles. The molecule has 0 aromatic rings. The van der Waals surface area contributed by atoms with Crippen LogP contribution in [0, 0.1) is 11.8 Å². The standard InChI is InChI=1S/C20H32N2O3S/c1-26-13-12-17(18(23)21-14-8-4-2-3-5-9-14)22-19(24)15-10-6-7-11-16(15)20(22)25/h14-17H,2-13H2,1H3,(H,21,23)/t15-,16-,17-/m1/s1. The summed E-state index contributed by atoms with van der Waals surface area (Å²) in [5.74, 6) is 0.0992. The SMILES string of the molecule is CSCC[C@H](C(=O)NC1CCCCCC1)N1C(=O)[C@@H]2CCCC[C@H]2C1=O. The van der Waals surface area contributed by atoms with E-state index in [1.165, 1.54) is 17.7 Å². The Morgan fingerprint density at radius 2 is 1.54 bits per heavy atom. The Hall–Kier alpha value is -1.04. The Morgan fingerprint density at radius 1 is 1.00 bits per heavy atom. The Morgan fingerprint density at radius 3 is 2.08 bits per heavy atom. The molecule has 5 nitrogen and oxygen atoms in total. The number of likely N-dealkylation sites (tertiary alicyclic amines) is 1. The van der Waals surface area contributed by atoms with Crippen LogP contribution in [0.5, 0.6) is 0 Å². The van der Waals surface area contributed by atoms with Crippen LogP contribution in [0.2, 0.25) is 0 Å². The first-order chi connectivity index (χ1) is 12.6. The molecule has 26 heavy (non-hydrogen) atoms. The summed E-state index contributed by atoms with van der Waals surface area (Å²) in [4.78, 5) is 40.2. The van der Waals surface area contributed by atoms with Crippen molar-refractivity contribution in [3.8, 4) is 0 Å². The monoisotopic (exact) mass is 380 g/mol. The van der Waals surface area contributed by atoms with Gasteiger partial charge in [-0.3, -0.25) is 19.3 Å². The first-order valence-corrected chi connectivity index (χ1v) is 11.7. The number of thioether (sulfide) groups is 1. The molecule has 2 aliphatic carbocycles. The van der Waals surface area contributed by atoms with Crippen LogP contribution in [0.1, 0.15) is 70.6 Å². The first kappa shape index (κ1) is 19.7. The van der Waals surface area contributed by atoms with Gasteiger partial charge in [-0.25, -0.2) is 0 Å². The van der Waals surface area contributed by atoms with Crippen LogP contribution < -0.4 is 5.32 Å². The van der Waals surface area contributed by atoms with Gasteiger partial charge in [0.1, 0.15) is 6.04 Å². The second-order valence-corrected chi connectivity index (χ2v) is 9.02. The second kappa shape index (κ2) is 9.25. The van der Waals surface area contributed by atoms with Crippen molar-refractivity contribution in [1.82, 2.24) is 10.2 Å². The van der Waals surface area contributed by atoms with Crippen molar-refractivity contribution < 1.29 is 14.4 Å². The van der Waals surface area contributed by atoms with E-state index in [4.69, 9.17) is 0 Å². The van der Waals surface area contributed by atoms with Crippen LogP contribution in [-0.2, 0) is 14.4 Å². The van der Waals surface area contributed by atoms with Crippen molar-refractivity contribution in [3.05, 3.63) is 0 Å². The Balaban J connectivity index is 1.73. The number of hydrogen-bond donors (Lipinski definition) is 1. The number of rotatable bonds is 6. The van der Waals surface area contributed by atoms with E-state index in [1.54, 1.807) is 11.8 Å². The summed E-state index contributed by atoms with van der Waals surface area (Å²) in [6.45, 7) is 0. The molecule has 0 aromatic carbocycles. The van der Waals surface area contributed by atoms with E-state index < -0.39 is 6.04 Å². The molecule has 146 valence electrons. The lowest BCUT2D eigenvalue weighted by atomic mass is 9.81. The fraction of sp³-hybridized carbons (Fsp3) is 0.850. The summed E-state index contributed by atoms with van der Waals surface area (Å²) in [6, 6.07) is -0.437. The quantitative estimate of drug-likeness (QED) is 0.568. The highest BCUT2D eigenvalue weighted by Crippen LogP contribution is 2.39. The third kappa shape index (κ3) is 4.26. The van der Waals surface area contributed by atoms with Crippen LogP contribution in [0.3, 0.4) is 0 Å². The van der Waals surface area contributed by atoms with E-state index >= 15 is 0 Å². The average molecular weight is 381 g/mol. The summed E-state index contributed by atoms with van der Waals surface area (Å²) in [6.07, 6.45) is 12.9. The molecular formula is C20H32N2O3S. The Kier molecular flexibility index (Phi) is 7.01. The summed E-state index contributed by atoms with van der Waals surface area (Å²) in [5.41, 5.74) is 0. The number of carbonyl (C=O) groups excluding carboxylic acids is 3. The molecule has 3 rings (SSSR count). The molecule has 6 heteroatoms. The molecule has 3 amide bonds. The molecule has 0 unspecified atom stereocenters. The molecule has 1 N–H and O–H groups in total. The smallest absolute Gasteiger partial charge is 0.243 e. The topological polar surface area (TPSA) is 66.5 Å². The number of fused-ring (bicyclic) bond motifs is 1. The molecule has 1 heterocycles. The largest absolute Gasteiger partial charge is 0.352 e. The first-order valence-electron chi connectivity index (χ1n) is 10.3. The molecule has 3 aliphatic rings. The van der Waals surface area contributed by atoms with Crippen LogP contribution >= 0.6 is 11.8 Å². The average Bonchev–Trinajstić information content (AvgIpc) is 2.82. The zero-order valence-electron chi connectivity index (χ0n) is 15.9. The predicted molar refractivity (Wildman–Crippen MR) is 104 cm³/mol. The van der Waals surface area contributed by atoms with Gasteiger partial charge in [-0.15, -0.1) is 0 Å². The molecule has 2 saturated carbocycles. The van der Waals surface area contributed by atoms with Crippen molar-refractivity contribution in [2.24, 2.45) is 11.8 Å². The zero-order chi connectivity index (χ0) is 18.5. The number of carbonyl (C=O) groups is 3. The van der Waals surface area contributed by atoms with Gasteiger partial charge in [-0.1, -0.05) is 38.5 Å². The van der Waals surface area contributed by atoms with E-state index in [9.17, 15) is 14.4 Å². The molecule has 0 radical (unpaired) electrons. The minimum absolute atomic E-state index is 0.0955. The maximum absolute atomic E-state index is 13.0. The molecule has 0 aromatic heterocycles. The van der Waals surface area contributed by atoms with Crippen molar-refractivity contribution in [3.63, 3.8) is 0 Å². The lowest BCUT2D eigenvalue weighted by Gasteiger charge is -2.28. The molecule has 3 fully saturated rings. The van der Waals surface area contributed by atoms with E-state index in [0.29, 0.717) is 6.42 Å². The number of hydrogen-bond acceptors (Lipinski definition) is 4. The fourth-order valence-corrected chi connectivity index (χ4v) is 5.28. The number of amides is 3. The number of imide groups is 1. The molecular weight excluding hydrogens is 348 g/mol. The van der Waals surface area contributed by atoms with Crippen molar-refractivity contribution >= 4 is 29.5 Å². The summed E-state index contributed by atoms with van der Waals surface area (Å²) >= 11 is 1.65. The maximum atomic E-state index is 13.0. The van der Waals surface area contributed by atoms with E-state index in [0.717, 1.165) is 57.1 Å². The van der Waals surface area contributed by atoms with Crippen molar-refractivity contribution in [2.45, 2.75) is 82.7 Å². The van der Waals surface area contributed by atoms with Gasteiger partial charge in [0.15, 0.2) is 0 Å². The second-order valence-electron chi connectivity index (χ2n) is 8.04. The number of nitrogens with zero attached hydrogens (tertiary/aromatic N) is 1. The van der Waals surface area contributed by atoms with Crippen LogP contribution in [0.4, 0.5) is 0 Å². The Bertz CT molecular complexity index is 507. The van der Waals surface area contributed by atoms with Gasteiger partial charge in [0.25, 0.3) is 0 Å². The predicted octanol–water partition coefficient (Wildman–Crippen LogP) is 3.12. The highest BCUT2D eigenvalue weighted by molar-refractivity contribution is 7.98. The van der Waals surface area contributed by atoms with Gasteiger partial charge in [-0.2, -0.15) is 11.8 Å². The van der Waals surface area contributed by atoms with E-state index in [1.807, 2.05) is 6.26 Å². The zero-order valence-corrected chi connectivity index (χ0v) is 16.7. The van der Waals surface area contributed by atoms with Crippen molar-refractivity contribution in [2.75, 3.05) is 12.0 Å². The van der Waals surface area contributed by atoms with E-state index in [2.05, 4.69) is 5.32 Å². The summed E-state index contributed by atoms with van der Waals surface area (Å²) < 4.78 is 0. The third-order valence-corrected chi connectivity index (χ3v) is 6.93. The highest BCUT2D eigenvalue weighted by Gasteiger charge is 2.51. The number of nitrogens with one attached hydrogen (secondary N) is 1. The van der Waals surface area contributed by atoms with Crippen molar-refractivity contribution in [1.29, 1.82) is 0 Å². The molecule has 1 saturated heterocycles. The van der Waals surface area contributed by atoms with Crippen LogP contribution in [-0.4, -0.2) is 46.7 Å². The van der Waals surface area contributed by atoms with Gasteiger partial charge >= 0.3 is 0 Å². The van der Waals surface area contributed by atoms with Gasteiger partial charge < -0.3 is 5.32 Å². The van der Waals surface area contributed by atoms with Gasteiger partial charge in [0.2, 0.25) is 17.7 Å². The maximum Gasteiger partial charge on any atom is 0.243 e. The lowest BCUT2D eigenvalue weighted by molar-refractivity contribution is -0.148. The minimum atomic E-state index is -0.628. The highest BCUT2D eigenvalue weighted by atomic mass is 32.2. The summed E-state index contributed by atoms with van der Waals surface area (Å²) in [5, 5.41) is 3.17. The molecule has 0 spiro atoms. The lowest BCUT2D eigenvalue weighted by Crippen LogP contribution is -2.52. The van der Waals surface area contributed by atoms with E-state index in [-0.39, 0.29) is 35.6 Å². The third-order valence-electron chi connectivity index (χ3n) is 6.29. The fourth-order valence-electron chi connectivity index (χ4n) is 4.82. The van der Waals surface area contributed by atoms with Gasteiger partial charge in [0, 0.05) is 6.04 Å². The molecule has 3 atom stereocenters. The van der Waals surface area contributed by atoms with Crippen LogP contribution in [0.15, 0.2) is 0 Å². The van der Waals surface area contributed by atoms with Crippen LogP contribution in [0.25, 0.3) is 0 Å². The van der Waals surface area contributed by atoms with Gasteiger partial charge in [-0.05, 0) is 44.1 Å². The van der Waals surface area contributed by atoms with Gasteiger partial charge in [0.05, 0.1) is 11.8 Å². The molecule has 0 bridgehead atoms. The minimum Gasteiger partial charge on any atom is -0.352 e.